The lowest BCUT2D eigenvalue weighted by Crippen LogP contribution is -2.26. The topological polar surface area (TPSA) is 55.0 Å². The molecule has 2 atom stereocenters. The van der Waals surface area contributed by atoms with Gasteiger partial charge in [-0.15, -0.1) is 0 Å². The number of H-pyrrole nitrogens is 1. The number of benzene rings is 1. The van der Waals surface area contributed by atoms with Gasteiger partial charge < -0.3 is 9.72 Å². The number of rotatable bonds is 4. The van der Waals surface area contributed by atoms with Crippen molar-refractivity contribution in [2.24, 2.45) is 5.92 Å². The minimum atomic E-state index is -0.0761. The molecule has 1 aromatic carbocycles. The van der Waals surface area contributed by atoms with Crippen LogP contribution in [0.2, 0.25) is 0 Å². The molecule has 23 heavy (non-hydrogen) atoms. The summed E-state index contributed by atoms with van der Waals surface area (Å²) in [5, 5.41) is 0.658. The van der Waals surface area contributed by atoms with E-state index in [0.29, 0.717) is 29.7 Å². The van der Waals surface area contributed by atoms with Gasteiger partial charge in [-0.1, -0.05) is 39.7 Å². The zero-order valence-electron chi connectivity index (χ0n) is 14.3. The molecule has 3 rings (SSSR count). The lowest BCUT2D eigenvalue weighted by molar-refractivity contribution is -0.0181. The molecule has 0 saturated heterocycles. The first-order valence-electron chi connectivity index (χ1n) is 8.69. The summed E-state index contributed by atoms with van der Waals surface area (Å²) < 4.78 is 6.01. The van der Waals surface area contributed by atoms with Crippen molar-refractivity contribution in [3.05, 3.63) is 39.9 Å². The highest BCUT2D eigenvalue weighted by molar-refractivity contribution is 5.78. The van der Waals surface area contributed by atoms with Crippen molar-refractivity contribution in [1.82, 2.24) is 9.97 Å². The second-order valence-corrected chi connectivity index (χ2v) is 7.06. The molecule has 1 N–H and O–H groups in total. The average molecular weight is 314 g/mol. The molecule has 4 heteroatoms. The van der Waals surface area contributed by atoms with Crippen LogP contribution < -0.4 is 5.56 Å². The molecule has 124 valence electrons. The molecule has 2 aromatic rings. The number of fused-ring (bicyclic) bond motifs is 1. The molecule has 1 saturated carbocycles. The Bertz CT molecular complexity index is 736. The summed E-state index contributed by atoms with van der Waals surface area (Å²) in [7, 11) is 0. The highest BCUT2D eigenvalue weighted by Crippen LogP contribution is 2.26. The summed E-state index contributed by atoms with van der Waals surface area (Å²) in [6, 6.07) is 5.93. The van der Waals surface area contributed by atoms with E-state index in [1.165, 1.54) is 19.3 Å². The van der Waals surface area contributed by atoms with Gasteiger partial charge in [0.1, 0.15) is 12.4 Å². The van der Waals surface area contributed by atoms with Crippen LogP contribution in [0.3, 0.4) is 0 Å². The molecule has 1 aliphatic carbocycles. The van der Waals surface area contributed by atoms with Gasteiger partial charge >= 0.3 is 0 Å². The molecule has 0 bridgehead atoms. The average Bonchev–Trinajstić information content (AvgIpc) is 2.54. The molecular weight excluding hydrogens is 288 g/mol. The maximum atomic E-state index is 12.3. The summed E-state index contributed by atoms with van der Waals surface area (Å²) in [6.07, 6.45) is 5.15. The van der Waals surface area contributed by atoms with Gasteiger partial charge in [-0.3, -0.25) is 4.79 Å². The van der Waals surface area contributed by atoms with Crippen molar-refractivity contribution in [2.45, 2.75) is 65.1 Å². The van der Waals surface area contributed by atoms with E-state index in [4.69, 9.17) is 4.74 Å². The number of nitrogens with one attached hydrogen (secondary N) is 1. The third-order valence-electron chi connectivity index (χ3n) is 4.91. The van der Waals surface area contributed by atoms with Gasteiger partial charge in [0.05, 0.1) is 17.0 Å². The van der Waals surface area contributed by atoms with Crippen LogP contribution in [0.5, 0.6) is 0 Å². The molecule has 0 amide bonds. The Kier molecular flexibility index (Phi) is 4.81. The monoisotopic (exact) mass is 314 g/mol. The molecule has 0 unspecified atom stereocenters. The molecule has 1 aliphatic rings. The molecular formula is C19H26N2O2. The van der Waals surface area contributed by atoms with E-state index in [-0.39, 0.29) is 11.7 Å². The first-order valence-corrected chi connectivity index (χ1v) is 8.69. The van der Waals surface area contributed by atoms with Gasteiger partial charge in [0, 0.05) is 0 Å². The van der Waals surface area contributed by atoms with Crippen LogP contribution in [0.15, 0.2) is 23.0 Å². The lowest BCUT2D eigenvalue weighted by atomic mass is 9.88. The van der Waals surface area contributed by atoms with Crippen LogP contribution in [0.25, 0.3) is 10.9 Å². The fraction of sp³-hybridized carbons (Fsp3) is 0.579. The van der Waals surface area contributed by atoms with Gasteiger partial charge in [0.15, 0.2) is 0 Å². The normalized spacial score (nSPS) is 21.9. The van der Waals surface area contributed by atoms with E-state index in [2.05, 4.69) is 30.7 Å². The predicted molar refractivity (Wildman–Crippen MR) is 92.7 cm³/mol. The Balaban J connectivity index is 1.79. The first kappa shape index (κ1) is 16.2. The Morgan fingerprint density at radius 1 is 1.30 bits per heavy atom. The summed E-state index contributed by atoms with van der Waals surface area (Å²) in [4.78, 5) is 19.8. The Hall–Kier alpha value is -1.68. The standard InChI is InChI=1S/C19H26N2O2/c1-12(2)14-8-9-16-15(10-14)19(22)21-18(20-16)11-23-17-7-5-4-6-13(17)3/h8-10,12-13,17H,4-7,11H2,1-3H3,(H,20,21,22)/t13-,17-/m0/s1. The zero-order valence-corrected chi connectivity index (χ0v) is 14.3. The Labute approximate surface area is 137 Å². The number of aromatic amines is 1. The molecule has 1 fully saturated rings. The number of aromatic nitrogens is 2. The molecule has 0 aliphatic heterocycles. The van der Waals surface area contributed by atoms with Crippen LogP contribution in [-0.4, -0.2) is 16.1 Å². The van der Waals surface area contributed by atoms with Crippen LogP contribution >= 0.6 is 0 Å². The third-order valence-corrected chi connectivity index (χ3v) is 4.91. The summed E-state index contributed by atoms with van der Waals surface area (Å²) in [6.45, 7) is 6.87. The minimum Gasteiger partial charge on any atom is -0.370 e. The van der Waals surface area contributed by atoms with Crippen molar-refractivity contribution in [3.8, 4) is 0 Å². The molecule has 1 aromatic heterocycles. The second-order valence-electron chi connectivity index (χ2n) is 7.06. The highest BCUT2D eigenvalue weighted by atomic mass is 16.5. The van der Waals surface area contributed by atoms with E-state index in [1.54, 1.807) is 0 Å². The van der Waals surface area contributed by atoms with Crippen LogP contribution in [0.1, 0.15) is 63.8 Å². The number of hydrogen-bond donors (Lipinski definition) is 1. The predicted octanol–water partition coefficient (Wildman–Crippen LogP) is 4.14. The Morgan fingerprint density at radius 2 is 2.09 bits per heavy atom. The molecule has 0 spiro atoms. The summed E-state index contributed by atoms with van der Waals surface area (Å²) in [5.74, 6) is 1.61. The van der Waals surface area contributed by atoms with Crippen molar-refractivity contribution < 1.29 is 4.74 Å². The van der Waals surface area contributed by atoms with Crippen molar-refractivity contribution >= 4 is 10.9 Å². The smallest absolute Gasteiger partial charge is 0.258 e. The maximum Gasteiger partial charge on any atom is 0.258 e. The van der Waals surface area contributed by atoms with Gasteiger partial charge in [0.25, 0.3) is 5.56 Å². The fourth-order valence-corrected chi connectivity index (χ4v) is 3.35. The molecule has 4 nitrogen and oxygen atoms in total. The van der Waals surface area contributed by atoms with Crippen molar-refractivity contribution in [1.29, 1.82) is 0 Å². The fourth-order valence-electron chi connectivity index (χ4n) is 3.35. The lowest BCUT2D eigenvalue weighted by Gasteiger charge is -2.28. The highest BCUT2D eigenvalue weighted by Gasteiger charge is 2.22. The van der Waals surface area contributed by atoms with E-state index in [0.717, 1.165) is 17.5 Å². The number of hydrogen-bond acceptors (Lipinski definition) is 3. The van der Waals surface area contributed by atoms with Crippen LogP contribution in [-0.2, 0) is 11.3 Å². The summed E-state index contributed by atoms with van der Waals surface area (Å²) in [5.41, 5.74) is 1.83. The van der Waals surface area contributed by atoms with E-state index in [1.807, 2.05) is 18.2 Å². The van der Waals surface area contributed by atoms with Crippen molar-refractivity contribution in [2.75, 3.05) is 0 Å². The summed E-state index contributed by atoms with van der Waals surface area (Å²) >= 11 is 0. The van der Waals surface area contributed by atoms with Gasteiger partial charge in [0.2, 0.25) is 0 Å². The second kappa shape index (κ2) is 6.83. The third kappa shape index (κ3) is 3.63. The van der Waals surface area contributed by atoms with Crippen LogP contribution in [0, 0.1) is 5.92 Å². The van der Waals surface area contributed by atoms with E-state index in [9.17, 15) is 4.79 Å². The van der Waals surface area contributed by atoms with E-state index < -0.39 is 0 Å². The quantitative estimate of drug-likeness (QED) is 0.922. The number of ether oxygens (including phenoxy) is 1. The van der Waals surface area contributed by atoms with Gasteiger partial charge in [-0.05, 0) is 42.4 Å². The molecule has 1 heterocycles. The molecule has 0 radical (unpaired) electrons. The number of nitrogens with zero attached hydrogens (tertiary/aromatic N) is 1. The zero-order chi connectivity index (χ0) is 16.4. The van der Waals surface area contributed by atoms with Crippen LogP contribution in [0.4, 0.5) is 0 Å². The van der Waals surface area contributed by atoms with Gasteiger partial charge in [-0.25, -0.2) is 4.98 Å². The SMILES string of the molecule is CC(C)c1ccc2nc(CO[C@H]3CCCC[C@@H]3C)[nH]c(=O)c2c1. The maximum absolute atomic E-state index is 12.3. The van der Waals surface area contributed by atoms with Crippen molar-refractivity contribution in [3.63, 3.8) is 0 Å². The van der Waals surface area contributed by atoms with E-state index >= 15 is 0 Å². The van der Waals surface area contributed by atoms with Gasteiger partial charge in [-0.2, -0.15) is 0 Å². The first-order chi connectivity index (χ1) is 11.0. The Morgan fingerprint density at radius 3 is 2.83 bits per heavy atom. The minimum absolute atomic E-state index is 0.0761. The largest absolute Gasteiger partial charge is 0.370 e.